The maximum atomic E-state index is 13.6. The summed E-state index contributed by atoms with van der Waals surface area (Å²) in [5.74, 6) is -0.241. The van der Waals surface area contributed by atoms with Crippen molar-refractivity contribution in [3.8, 4) is 0 Å². The van der Waals surface area contributed by atoms with Gasteiger partial charge in [-0.2, -0.15) is 0 Å². The predicted molar refractivity (Wildman–Crippen MR) is 67.1 cm³/mol. The molecule has 96 valence electrons. The third-order valence-electron chi connectivity index (χ3n) is 2.92. The lowest BCUT2D eigenvalue weighted by Gasteiger charge is -2.24. The molecule has 0 bridgehead atoms. The zero-order valence-electron chi connectivity index (χ0n) is 10.2. The van der Waals surface area contributed by atoms with Crippen LogP contribution in [0.2, 0.25) is 0 Å². The summed E-state index contributed by atoms with van der Waals surface area (Å²) in [4.78, 5) is 0. The molecule has 17 heavy (non-hydrogen) atoms. The van der Waals surface area contributed by atoms with E-state index in [4.69, 9.17) is 10.8 Å². The van der Waals surface area contributed by atoms with Crippen LogP contribution in [-0.2, 0) is 0 Å². The van der Waals surface area contributed by atoms with Crippen LogP contribution in [0.25, 0.3) is 0 Å². The van der Waals surface area contributed by atoms with Crippen LogP contribution < -0.4 is 11.1 Å². The molecule has 0 radical (unpaired) electrons. The van der Waals surface area contributed by atoms with Crippen LogP contribution in [0.1, 0.15) is 31.4 Å². The van der Waals surface area contributed by atoms with Crippen molar-refractivity contribution in [1.29, 1.82) is 0 Å². The van der Waals surface area contributed by atoms with Crippen molar-refractivity contribution in [2.45, 2.75) is 31.8 Å². The molecule has 2 unspecified atom stereocenters. The topological polar surface area (TPSA) is 58.3 Å². The first-order valence-corrected chi connectivity index (χ1v) is 6.04. The highest BCUT2D eigenvalue weighted by Gasteiger charge is 2.17. The molecule has 2 atom stereocenters. The Morgan fingerprint density at radius 3 is 2.65 bits per heavy atom. The zero-order chi connectivity index (χ0) is 12.7. The maximum absolute atomic E-state index is 13.6. The van der Waals surface area contributed by atoms with Crippen LogP contribution in [0.3, 0.4) is 0 Å². The molecule has 0 heterocycles. The number of aliphatic hydroxyl groups excluding tert-OH is 1. The summed E-state index contributed by atoms with van der Waals surface area (Å²) < 4.78 is 13.6. The molecule has 1 aromatic rings. The quantitative estimate of drug-likeness (QED) is 0.678. The molecule has 3 nitrogen and oxygen atoms in total. The van der Waals surface area contributed by atoms with E-state index in [1.165, 1.54) is 6.07 Å². The van der Waals surface area contributed by atoms with Gasteiger partial charge in [-0.25, -0.2) is 4.39 Å². The van der Waals surface area contributed by atoms with E-state index < -0.39 is 0 Å². The number of rotatable bonds is 7. The minimum absolute atomic E-state index is 0.125. The number of hydrogen-bond donors (Lipinski definition) is 3. The monoisotopic (exact) mass is 240 g/mol. The van der Waals surface area contributed by atoms with Crippen molar-refractivity contribution in [3.63, 3.8) is 0 Å². The average molecular weight is 240 g/mol. The lowest BCUT2D eigenvalue weighted by Crippen LogP contribution is -2.37. The molecule has 0 aromatic heterocycles. The van der Waals surface area contributed by atoms with E-state index in [0.717, 1.165) is 6.42 Å². The van der Waals surface area contributed by atoms with Gasteiger partial charge < -0.3 is 16.2 Å². The average Bonchev–Trinajstić information content (AvgIpc) is 2.35. The van der Waals surface area contributed by atoms with E-state index in [1.807, 2.05) is 6.92 Å². The van der Waals surface area contributed by atoms with Gasteiger partial charge in [-0.3, -0.25) is 0 Å². The van der Waals surface area contributed by atoms with Crippen molar-refractivity contribution in [2.24, 2.45) is 5.73 Å². The second-order valence-electron chi connectivity index (χ2n) is 4.09. The van der Waals surface area contributed by atoms with Crippen LogP contribution in [0.4, 0.5) is 4.39 Å². The maximum Gasteiger partial charge on any atom is 0.128 e. The number of nitrogens with one attached hydrogen (secondary N) is 1. The summed E-state index contributed by atoms with van der Waals surface area (Å²) in [6, 6.07) is 6.60. The Kier molecular flexibility index (Phi) is 6.11. The smallest absolute Gasteiger partial charge is 0.128 e. The molecule has 0 aliphatic carbocycles. The molecule has 0 aliphatic heterocycles. The molecule has 0 spiro atoms. The molecule has 1 rings (SSSR count). The zero-order valence-corrected chi connectivity index (χ0v) is 10.2. The fourth-order valence-corrected chi connectivity index (χ4v) is 1.89. The fraction of sp³-hybridized carbons (Fsp3) is 0.538. The first-order valence-electron chi connectivity index (χ1n) is 6.04. The Bertz CT molecular complexity index is 333. The van der Waals surface area contributed by atoms with Crippen LogP contribution in [0.5, 0.6) is 0 Å². The predicted octanol–water partition coefficient (Wildman–Crippen LogP) is 1.58. The SMILES string of the molecule is CCC(CCO)NC(CN)c1ccccc1F. The first kappa shape index (κ1) is 14.1. The molecule has 0 fully saturated rings. The molecule has 4 heteroatoms. The Labute approximate surface area is 102 Å². The number of hydrogen-bond acceptors (Lipinski definition) is 3. The van der Waals surface area contributed by atoms with Crippen LogP contribution in [0, 0.1) is 5.82 Å². The molecule has 0 aliphatic rings. The van der Waals surface area contributed by atoms with E-state index in [0.29, 0.717) is 18.5 Å². The van der Waals surface area contributed by atoms with Crippen LogP contribution in [0.15, 0.2) is 24.3 Å². The number of benzene rings is 1. The lowest BCUT2D eigenvalue weighted by atomic mass is 10.0. The second-order valence-corrected chi connectivity index (χ2v) is 4.09. The highest BCUT2D eigenvalue weighted by Crippen LogP contribution is 2.17. The molecule has 4 N–H and O–H groups in total. The van der Waals surface area contributed by atoms with Gasteiger partial charge in [-0.05, 0) is 18.9 Å². The van der Waals surface area contributed by atoms with Gasteiger partial charge in [0.05, 0.1) is 0 Å². The molecule has 0 saturated carbocycles. The summed E-state index contributed by atoms with van der Waals surface area (Å²) in [7, 11) is 0. The summed E-state index contributed by atoms with van der Waals surface area (Å²) in [6.07, 6.45) is 1.53. The summed E-state index contributed by atoms with van der Waals surface area (Å²) in [5.41, 5.74) is 6.27. The van der Waals surface area contributed by atoms with Crippen molar-refractivity contribution in [1.82, 2.24) is 5.32 Å². The summed E-state index contributed by atoms with van der Waals surface area (Å²) in [5, 5.41) is 12.2. The summed E-state index contributed by atoms with van der Waals surface area (Å²) in [6.45, 7) is 2.49. The molecule has 0 amide bonds. The normalized spacial score (nSPS) is 14.6. The standard InChI is InChI=1S/C13H21FN2O/c1-2-10(7-8-17)16-13(9-15)11-5-3-4-6-12(11)14/h3-6,10,13,16-17H,2,7-9,15H2,1H3. The van der Waals surface area contributed by atoms with Gasteiger partial charge in [0.15, 0.2) is 0 Å². The Morgan fingerprint density at radius 1 is 1.41 bits per heavy atom. The lowest BCUT2D eigenvalue weighted by molar-refractivity contribution is 0.255. The molecule has 0 saturated heterocycles. The van der Waals surface area contributed by atoms with Gasteiger partial charge in [0, 0.05) is 30.8 Å². The Hall–Kier alpha value is -0.970. The van der Waals surface area contributed by atoms with Gasteiger partial charge in [-0.1, -0.05) is 25.1 Å². The van der Waals surface area contributed by atoms with E-state index in [2.05, 4.69) is 5.32 Å². The minimum atomic E-state index is -0.241. The fourth-order valence-electron chi connectivity index (χ4n) is 1.89. The molecular formula is C13H21FN2O. The highest BCUT2D eigenvalue weighted by molar-refractivity contribution is 5.21. The van der Waals surface area contributed by atoms with Crippen molar-refractivity contribution in [2.75, 3.05) is 13.2 Å². The van der Waals surface area contributed by atoms with E-state index in [-0.39, 0.29) is 24.5 Å². The number of aliphatic hydroxyl groups is 1. The highest BCUT2D eigenvalue weighted by atomic mass is 19.1. The van der Waals surface area contributed by atoms with Crippen LogP contribution >= 0.6 is 0 Å². The van der Waals surface area contributed by atoms with Crippen molar-refractivity contribution >= 4 is 0 Å². The van der Waals surface area contributed by atoms with Gasteiger partial charge in [0.1, 0.15) is 5.82 Å². The second kappa shape index (κ2) is 7.37. The van der Waals surface area contributed by atoms with Gasteiger partial charge in [0.25, 0.3) is 0 Å². The minimum Gasteiger partial charge on any atom is -0.396 e. The van der Waals surface area contributed by atoms with E-state index in [1.54, 1.807) is 18.2 Å². The van der Waals surface area contributed by atoms with Crippen LogP contribution in [-0.4, -0.2) is 24.3 Å². The van der Waals surface area contributed by atoms with Gasteiger partial charge >= 0.3 is 0 Å². The third-order valence-corrected chi connectivity index (χ3v) is 2.92. The van der Waals surface area contributed by atoms with Crippen molar-refractivity contribution in [3.05, 3.63) is 35.6 Å². The molecular weight excluding hydrogens is 219 g/mol. The van der Waals surface area contributed by atoms with Gasteiger partial charge in [0.2, 0.25) is 0 Å². The number of halogens is 1. The van der Waals surface area contributed by atoms with E-state index in [9.17, 15) is 4.39 Å². The summed E-state index contributed by atoms with van der Waals surface area (Å²) >= 11 is 0. The Balaban J connectivity index is 2.74. The van der Waals surface area contributed by atoms with Gasteiger partial charge in [-0.15, -0.1) is 0 Å². The third kappa shape index (κ3) is 4.07. The first-order chi connectivity index (χ1) is 8.22. The molecule has 1 aromatic carbocycles. The van der Waals surface area contributed by atoms with E-state index >= 15 is 0 Å². The Morgan fingerprint density at radius 2 is 2.12 bits per heavy atom. The number of nitrogens with two attached hydrogens (primary N) is 1. The van der Waals surface area contributed by atoms with Crippen molar-refractivity contribution < 1.29 is 9.50 Å². The largest absolute Gasteiger partial charge is 0.396 e.